The first kappa shape index (κ1) is 24.9. The summed E-state index contributed by atoms with van der Waals surface area (Å²) >= 11 is 0. The van der Waals surface area contributed by atoms with E-state index in [1.807, 2.05) is 6.07 Å². The van der Waals surface area contributed by atoms with Crippen molar-refractivity contribution in [3.8, 4) is 6.07 Å². The van der Waals surface area contributed by atoms with Crippen LogP contribution in [0.2, 0.25) is 0 Å². The molecule has 1 unspecified atom stereocenters. The number of nitriles is 1. The maximum atomic E-state index is 13.4. The summed E-state index contributed by atoms with van der Waals surface area (Å²) < 4.78 is 26.7. The minimum atomic E-state index is -1.10. The summed E-state index contributed by atoms with van der Waals surface area (Å²) in [6.07, 6.45) is 5.52. The summed E-state index contributed by atoms with van der Waals surface area (Å²) in [5, 5.41) is 12.8. The van der Waals surface area contributed by atoms with Gasteiger partial charge in [-0.25, -0.2) is 14.4 Å². The lowest BCUT2D eigenvalue weighted by Gasteiger charge is -2.36. The smallest absolute Gasteiger partial charge is 0.233 e. The molecule has 0 spiro atoms. The van der Waals surface area contributed by atoms with Crippen LogP contribution in [0, 0.1) is 29.0 Å². The predicted octanol–water partition coefficient (Wildman–Crippen LogP) is 2.91. The molecule has 5 N–H and O–H groups in total. The van der Waals surface area contributed by atoms with Crippen LogP contribution in [-0.2, 0) is 11.3 Å². The van der Waals surface area contributed by atoms with Crippen LogP contribution in [0.15, 0.2) is 52.6 Å². The number of carbonyl (C=O) groups is 1. The van der Waals surface area contributed by atoms with Crippen molar-refractivity contribution in [1.82, 2.24) is 10.3 Å². The molecular formula is C24H27F2N7O. The summed E-state index contributed by atoms with van der Waals surface area (Å²) in [6.45, 7) is 0.545. The molecule has 34 heavy (non-hydrogen) atoms. The molecule has 0 saturated heterocycles. The molecule has 0 radical (unpaired) electrons. The number of aliphatic imine (C=N–C) groups is 2. The van der Waals surface area contributed by atoms with Gasteiger partial charge in [0, 0.05) is 31.1 Å². The minimum absolute atomic E-state index is 0.126. The highest BCUT2D eigenvalue weighted by atomic mass is 19.1. The van der Waals surface area contributed by atoms with Gasteiger partial charge in [0.15, 0.2) is 0 Å². The molecule has 1 heterocycles. The number of pyridine rings is 1. The highest BCUT2D eigenvalue weighted by Gasteiger charge is 2.35. The van der Waals surface area contributed by atoms with Gasteiger partial charge in [-0.05, 0) is 49.4 Å². The number of benzene rings is 1. The zero-order valence-electron chi connectivity index (χ0n) is 18.6. The van der Waals surface area contributed by atoms with E-state index in [0.717, 1.165) is 24.5 Å². The number of hydrogen-bond acceptors (Lipinski definition) is 6. The van der Waals surface area contributed by atoms with Crippen molar-refractivity contribution in [3.05, 3.63) is 59.9 Å². The number of hydrogen-bond donors (Lipinski definition) is 3. The summed E-state index contributed by atoms with van der Waals surface area (Å²) in [5.41, 5.74) is 11.9. The molecule has 0 aliphatic heterocycles. The van der Waals surface area contributed by atoms with Gasteiger partial charge in [0.05, 0.1) is 23.7 Å². The zero-order valence-corrected chi connectivity index (χ0v) is 18.6. The molecule has 1 atom stereocenters. The quantitative estimate of drug-likeness (QED) is 0.295. The summed E-state index contributed by atoms with van der Waals surface area (Å²) in [7, 11) is 0. The van der Waals surface area contributed by atoms with E-state index in [1.165, 1.54) is 30.6 Å². The molecular weight excluding hydrogens is 440 g/mol. The van der Waals surface area contributed by atoms with Crippen molar-refractivity contribution < 1.29 is 13.6 Å². The Morgan fingerprint density at radius 3 is 2.71 bits per heavy atom. The second-order valence-corrected chi connectivity index (χ2v) is 8.38. The number of amidine groups is 1. The van der Waals surface area contributed by atoms with E-state index in [-0.39, 0.29) is 29.8 Å². The van der Waals surface area contributed by atoms with Crippen LogP contribution >= 0.6 is 0 Å². The van der Waals surface area contributed by atoms with Gasteiger partial charge in [-0.3, -0.25) is 9.79 Å². The fourth-order valence-electron chi connectivity index (χ4n) is 3.98. The Morgan fingerprint density at radius 1 is 1.29 bits per heavy atom. The maximum Gasteiger partial charge on any atom is 0.233 e. The van der Waals surface area contributed by atoms with Crippen molar-refractivity contribution in [2.75, 3.05) is 0 Å². The number of primary amides is 1. The number of nitrogens with one attached hydrogen (secondary N) is 1. The van der Waals surface area contributed by atoms with Crippen molar-refractivity contribution in [1.29, 1.82) is 5.26 Å². The number of aromatic nitrogens is 1. The van der Waals surface area contributed by atoms with Gasteiger partial charge < -0.3 is 16.8 Å². The molecule has 10 heteroatoms. The van der Waals surface area contributed by atoms with Crippen LogP contribution in [0.1, 0.15) is 37.7 Å². The lowest BCUT2D eigenvalue weighted by atomic mass is 9.78. The first-order valence-corrected chi connectivity index (χ1v) is 11.0. The monoisotopic (exact) mass is 467 g/mol. The zero-order chi connectivity index (χ0) is 24.6. The van der Waals surface area contributed by atoms with Crippen molar-refractivity contribution in [2.24, 2.45) is 27.4 Å². The van der Waals surface area contributed by atoms with Gasteiger partial charge in [-0.2, -0.15) is 9.65 Å². The summed E-state index contributed by atoms with van der Waals surface area (Å²) in [6, 6.07) is 11.3. The van der Waals surface area contributed by atoms with E-state index in [4.69, 9.17) is 11.5 Å². The van der Waals surface area contributed by atoms with E-state index in [9.17, 15) is 18.8 Å². The summed E-state index contributed by atoms with van der Waals surface area (Å²) in [5.74, 6) is -2.98. The number of halogens is 2. The van der Waals surface area contributed by atoms with Crippen LogP contribution in [0.25, 0.3) is 0 Å². The lowest BCUT2D eigenvalue weighted by molar-refractivity contribution is -0.118. The van der Waals surface area contributed by atoms with Crippen LogP contribution in [0.3, 0.4) is 0 Å². The van der Waals surface area contributed by atoms with Gasteiger partial charge in [-0.15, -0.1) is 0 Å². The second kappa shape index (κ2) is 11.4. The van der Waals surface area contributed by atoms with E-state index >= 15 is 0 Å². The molecule has 178 valence electrons. The van der Waals surface area contributed by atoms with Crippen LogP contribution in [-0.4, -0.2) is 34.5 Å². The van der Waals surface area contributed by atoms with Gasteiger partial charge in [0.1, 0.15) is 17.6 Å². The Morgan fingerprint density at radius 2 is 2.06 bits per heavy atom. The molecule has 8 nitrogen and oxygen atoms in total. The molecule has 1 aliphatic rings. The van der Waals surface area contributed by atoms with Crippen molar-refractivity contribution in [2.45, 2.75) is 50.2 Å². The maximum absolute atomic E-state index is 13.4. The third-order valence-corrected chi connectivity index (χ3v) is 5.90. The van der Waals surface area contributed by atoms with E-state index in [0.29, 0.717) is 19.4 Å². The molecule has 1 aromatic carbocycles. The average Bonchev–Trinajstić information content (AvgIpc) is 2.79. The van der Waals surface area contributed by atoms with Gasteiger partial charge >= 0.3 is 0 Å². The molecule has 3 rings (SSSR count). The van der Waals surface area contributed by atoms with Gasteiger partial charge in [0.25, 0.3) is 0 Å². The molecule has 1 saturated carbocycles. The molecule has 1 fully saturated rings. The minimum Gasteiger partial charge on any atom is -0.386 e. The summed E-state index contributed by atoms with van der Waals surface area (Å²) in [4.78, 5) is 24.1. The Kier molecular flexibility index (Phi) is 8.38. The van der Waals surface area contributed by atoms with Crippen molar-refractivity contribution in [3.63, 3.8) is 0 Å². The standard InChI is InChI=1S/C24H27F2N7O/c25-17-3-1-2-16(12-17)14-31-18-4-7-24(8-5-18,9-10-27)32-15-20(23(29)34)22(28)33-19-6-11-30-21(26)13-19/h1-3,6,11-13,15,18,20,31H,4-5,7-9,14H2,(H2,29,34)(H2,28,30,33). The Labute approximate surface area is 196 Å². The molecule has 1 aromatic heterocycles. The average molecular weight is 468 g/mol. The van der Waals surface area contributed by atoms with Crippen LogP contribution in [0.4, 0.5) is 14.5 Å². The third kappa shape index (κ3) is 6.89. The Balaban J connectivity index is 1.67. The fraction of sp³-hybridized carbons (Fsp3) is 0.375. The highest BCUT2D eigenvalue weighted by Crippen LogP contribution is 2.35. The number of nitrogens with two attached hydrogens (primary N) is 2. The van der Waals surface area contributed by atoms with Crippen LogP contribution < -0.4 is 16.8 Å². The number of carbonyl (C=O) groups excluding carboxylic acids is 1. The highest BCUT2D eigenvalue weighted by molar-refractivity contribution is 6.14. The number of amides is 1. The first-order valence-electron chi connectivity index (χ1n) is 11.0. The van der Waals surface area contributed by atoms with E-state index < -0.39 is 23.3 Å². The second-order valence-electron chi connectivity index (χ2n) is 8.38. The third-order valence-electron chi connectivity index (χ3n) is 5.90. The topological polar surface area (TPSA) is 143 Å². The Bertz CT molecular complexity index is 1100. The molecule has 2 aromatic rings. The van der Waals surface area contributed by atoms with E-state index in [1.54, 1.807) is 6.07 Å². The van der Waals surface area contributed by atoms with Crippen LogP contribution in [0.5, 0.6) is 0 Å². The number of rotatable bonds is 9. The molecule has 1 amide bonds. The van der Waals surface area contributed by atoms with Crippen molar-refractivity contribution >= 4 is 23.6 Å². The fourth-order valence-corrected chi connectivity index (χ4v) is 3.98. The first-order chi connectivity index (χ1) is 16.3. The normalized spacial score (nSPS) is 21.8. The van der Waals surface area contributed by atoms with Gasteiger partial charge in [0.2, 0.25) is 11.9 Å². The van der Waals surface area contributed by atoms with Gasteiger partial charge in [-0.1, -0.05) is 12.1 Å². The van der Waals surface area contributed by atoms with E-state index in [2.05, 4.69) is 26.4 Å². The largest absolute Gasteiger partial charge is 0.386 e. The molecule has 1 aliphatic carbocycles. The number of nitrogens with zero attached hydrogens (tertiary/aromatic N) is 4. The Hall–Kier alpha value is -3.71. The SMILES string of the molecule is N#CCC1(N=CC(C(N)=O)C(N)=Nc2ccnc(F)c2)CCC(NCc2cccc(F)c2)CC1. The lowest BCUT2D eigenvalue weighted by Crippen LogP contribution is -2.41. The predicted molar refractivity (Wildman–Crippen MR) is 125 cm³/mol. The molecule has 0 bridgehead atoms.